The fourth-order valence-corrected chi connectivity index (χ4v) is 4.36. The van der Waals surface area contributed by atoms with Gasteiger partial charge in [0, 0.05) is 30.1 Å². The minimum Gasteiger partial charge on any atom is -0.481 e. The Labute approximate surface area is 205 Å². The van der Waals surface area contributed by atoms with Gasteiger partial charge in [0.15, 0.2) is 6.29 Å². The van der Waals surface area contributed by atoms with Gasteiger partial charge in [0.2, 0.25) is 0 Å². The van der Waals surface area contributed by atoms with Gasteiger partial charge in [0.1, 0.15) is 12.2 Å². The number of unbranched alkanes of at least 4 members (excludes halogenated alkanes) is 5. The molecule has 1 fully saturated rings. The Morgan fingerprint density at radius 3 is 2.63 bits per heavy atom. The number of carbonyl (C=O) groups excluding carboxylic acids is 1. The van der Waals surface area contributed by atoms with E-state index >= 15 is 0 Å². The van der Waals surface area contributed by atoms with Crippen LogP contribution < -0.4 is 0 Å². The van der Waals surface area contributed by atoms with Crippen LogP contribution in [0.25, 0.3) is 10.9 Å². The van der Waals surface area contributed by atoms with Crippen LogP contribution >= 0.6 is 0 Å². The largest absolute Gasteiger partial charge is 0.481 e. The van der Waals surface area contributed by atoms with Crippen molar-refractivity contribution in [1.29, 1.82) is 0 Å². The second-order valence-corrected chi connectivity index (χ2v) is 9.24. The maximum absolute atomic E-state index is 12.7. The molecule has 1 aromatic heterocycles. The van der Waals surface area contributed by atoms with Crippen LogP contribution in [0.5, 0.6) is 0 Å². The summed E-state index contributed by atoms with van der Waals surface area (Å²) in [5.41, 5.74) is 1.31. The number of esters is 1. The SMILES string of the molecule is C[C@@H]1O[C@@H](OCCCCCCCC[C@@H](O)CC(=O)O)[C@H](O)C[C@H]1OC(=O)c1c[nH]c2ccccc12. The first-order valence-electron chi connectivity index (χ1n) is 12.5. The van der Waals surface area contributed by atoms with E-state index < -0.39 is 42.6 Å². The first kappa shape index (κ1) is 27.1. The molecule has 194 valence electrons. The predicted octanol–water partition coefficient (Wildman–Crippen LogP) is 3.77. The van der Waals surface area contributed by atoms with Crippen molar-refractivity contribution in [2.45, 2.75) is 95.4 Å². The van der Waals surface area contributed by atoms with E-state index in [2.05, 4.69) is 4.98 Å². The second-order valence-electron chi connectivity index (χ2n) is 9.24. The molecule has 35 heavy (non-hydrogen) atoms. The lowest BCUT2D eigenvalue weighted by molar-refractivity contribution is -0.260. The van der Waals surface area contributed by atoms with Crippen molar-refractivity contribution in [3.05, 3.63) is 36.0 Å². The molecule has 1 aromatic carbocycles. The van der Waals surface area contributed by atoms with E-state index in [9.17, 15) is 19.8 Å². The molecule has 2 heterocycles. The minimum absolute atomic E-state index is 0.196. The summed E-state index contributed by atoms with van der Waals surface area (Å²) in [6.07, 6.45) is 4.44. The number of aromatic amines is 1. The molecule has 1 aliphatic heterocycles. The van der Waals surface area contributed by atoms with Crippen molar-refractivity contribution < 1.29 is 39.1 Å². The zero-order valence-electron chi connectivity index (χ0n) is 20.2. The fraction of sp³-hybridized carbons (Fsp3) is 0.615. The predicted molar refractivity (Wildman–Crippen MR) is 129 cm³/mol. The number of hydrogen-bond acceptors (Lipinski definition) is 7. The number of aliphatic hydroxyl groups excluding tert-OH is 2. The molecular weight excluding hydrogens is 454 g/mol. The molecule has 0 aliphatic carbocycles. The lowest BCUT2D eigenvalue weighted by Gasteiger charge is -2.37. The Morgan fingerprint density at radius 1 is 1.14 bits per heavy atom. The number of benzene rings is 1. The maximum Gasteiger partial charge on any atom is 0.340 e. The molecular formula is C26H37NO8. The zero-order chi connectivity index (χ0) is 25.2. The highest BCUT2D eigenvalue weighted by Crippen LogP contribution is 2.26. The summed E-state index contributed by atoms with van der Waals surface area (Å²) < 4.78 is 17.2. The molecule has 2 aromatic rings. The topological polar surface area (TPSA) is 138 Å². The number of aromatic nitrogens is 1. The van der Waals surface area contributed by atoms with E-state index in [1.54, 1.807) is 6.20 Å². The van der Waals surface area contributed by atoms with Crippen LogP contribution in [0, 0.1) is 0 Å². The summed E-state index contributed by atoms with van der Waals surface area (Å²) in [7, 11) is 0. The average molecular weight is 492 g/mol. The van der Waals surface area contributed by atoms with Crippen molar-refractivity contribution in [2.75, 3.05) is 6.61 Å². The first-order chi connectivity index (χ1) is 16.8. The zero-order valence-corrected chi connectivity index (χ0v) is 20.2. The minimum atomic E-state index is -0.971. The van der Waals surface area contributed by atoms with Gasteiger partial charge in [-0.05, 0) is 25.8 Å². The molecule has 4 N–H and O–H groups in total. The number of hydrogen-bond donors (Lipinski definition) is 4. The number of carboxylic acids is 1. The molecule has 1 saturated heterocycles. The Bertz CT molecular complexity index is 944. The number of nitrogens with one attached hydrogen (secondary N) is 1. The van der Waals surface area contributed by atoms with Crippen LogP contribution in [0.15, 0.2) is 30.5 Å². The summed E-state index contributed by atoms with van der Waals surface area (Å²) in [6.45, 7) is 2.27. The second kappa shape index (κ2) is 13.6. The van der Waals surface area contributed by atoms with Crippen LogP contribution in [0.1, 0.15) is 75.1 Å². The van der Waals surface area contributed by atoms with Gasteiger partial charge in [-0.2, -0.15) is 0 Å². The Morgan fingerprint density at radius 2 is 1.86 bits per heavy atom. The highest BCUT2D eigenvalue weighted by Gasteiger charge is 2.38. The van der Waals surface area contributed by atoms with E-state index in [-0.39, 0.29) is 12.8 Å². The number of aliphatic hydroxyl groups is 2. The van der Waals surface area contributed by atoms with Crippen LogP contribution in [0.3, 0.4) is 0 Å². The van der Waals surface area contributed by atoms with Crippen LogP contribution in [0.2, 0.25) is 0 Å². The number of H-pyrrole nitrogens is 1. The molecule has 0 unspecified atom stereocenters. The summed E-state index contributed by atoms with van der Waals surface area (Å²) in [4.78, 5) is 26.3. The molecule has 1 aliphatic rings. The third-order valence-corrected chi connectivity index (χ3v) is 6.35. The van der Waals surface area contributed by atoms with E-state index in [1.165, 1.54) is 0 Å². The van der Waals surface area contributed by atoms with E-state index in [0.29, 0.717) is 18.6 Å². The van der Waals surface area contributed by atoms with Gasteiger partial charge >= 0.3 is 11.9 Å². The van der Waals surface area contributed by atoms with E-state index in [4.69, 9.17) is 19.3 Å². The van der Waals surface area contributed by atoms with Gasteiger partial charge < -0.3 is 34.5 Å². The third kappa shape index (κ3) is 8.31. The summed E-state index contributed by atoms with van der Waals surface area (Å²) in [6, 6.07) is 7.50. The number of fused-ring (bicyclic) bond motifs is 1. The average Bonchev–Trinajstić information content (AvgIpc) is 3.24. The fourth-order valence-electron chi connectivity index (χ4n) is 4.36. The maximum atomic E-state index is 12.7. The van der Waals surface area contributed by atoms with E-state index in [0.717, 1.165) is 49.4 Å². The van der Waals surface area contributed by atoms with Gasteiger partial charge in [0.05, 0.1) is 24.2 Å². The number of aliphatic carboxylic acids is 1. The number of carbonyl (C=O) groups is 2. The molecule has 0 amide bonds. The van der Waals surface area contributed by atoms with Gasteiger partial charge in [-0.3, -0.25) is 4.79 Å². The molecule has 5 atom stereocenters. The molecule has 0 saturated carbocycles. The van der Waals surface area contributed by atoms with Crippen LogP contribution in [0.4, 0.5) is 0 Å². The van der Waals surface area contributed by atoms with Crippen LogP contribution in [-0.2, 0) is 19.0 Å². The quantitative estimate of drug-likeness (QED) is 0.231. The number of carboxylic acid groups (broad SMARTS) is 1. The van der Waals surface area contributed by atoms with Gasteiger partial charge in [-0.25, -0.2) is 4.79 Å². The van der Waals surface area contributed by atoms with Crippen LogP contribution in [-0.4, -0.2) is 69.6 Å². The molecule has 0 bridgehead atoms. The lowest BCUT2D eigenvalue weighted by atomic mass is 10.0. The summed E-state index contributed by atoms with van der Waals surface area (Å²) >= 11 is 0. The van der Waals surface area contributed by atoms with Crippen molar-refractivity contribution in [3.8, 4) is 0 Å². The Hall–Kier alpha value is -2.46. The number of para-hydroxylation sites is 1. The smallest absolute Gasteiger partial charge is 0.340 e. The molecule has 9 heteroatoms. The summed E-state index contributed by atoms with van der Waals surface area (Å²) in [5.74, 6) is -1.42. The first-order valence-corrected chi connectivity index (χ1v) is 12.5. The third-order valence-electron chi connectivity index (χ3n) is 6.35. The monoisotopic (exact) mass is 491 g/mol. The number of rotatable bonds is 14. The molecule has 9 nitrogen and oxygen atoms in total. The normalized spacial score (nSPS) is 23.3. The Kier molecular flexibility index (Phi) is 10.5. The highest BCUT2D eigenvalue weighted by atomic mass is 16.7. The van der Waals surface area contributed by atoms with Crippen molar-refractivity contribution in [2.24, 2.45) is 0 Å². The molecule has 3 rings (SSSR count). The summed E-state index contributed by atoms with van der Waals surface area (Å²) in [5, 5.41) is 29.4. The van der Waals surface area contributed by atoms with E-state index in [1.807, 2.05) is 31.2 Å². The lowest BCUT2D eigenvalue weighted by Crippen LogP contribution is -2.48. The van der Waals surface area contributed by atoms with Gasteiger partial charge in [-0.1, -0.05) is 50.3 Å². The van der Waals surface area contributed by atoms with Gasteiger partial charge in [-0.15, -0.1) is 0 Å². The number of ether oxygens (including phenoxy) is 3. The van der Waals surface area contributed by atoms with Gasteiger partial charge in [0.25, 0.3) is 0 Å². The standard InChI is InChI=1S/C26H37NO8/c1-17-23(35-25(32)20-16-27-21-12-8-7-11-19(20)21)15-22(29)26(34-17)33-13-9-5-3-2-4-6-10-18(28)14-24(30)31/h7-8,11-12,16-18,22-23,26-29H,2-6,9-10,13-15H2,1H3,(H,30,31)/t17-,18+,22+,23+,26+/m0/s1. The van der Waals surface area contributed by atoms with Crippen molar-refractivity contribution in [3.63, 3.8) is 0 Å². The Balaban J connectivity index is 1.29. The van der Waals surface area contributed by atoms with Crippen molar-refractivity contribution in [1.82, 2.24) is 4.98 Å². The molecule has 0 radical (unpaired) electrons. The highest BCUT2D eigenvalue weighted by molar-refractivity contribution is 6.04. The molecule has 0 spiro atoms. The van der Waals surface area contributed by atoms with Crippen molar-refractivity contribution >= 4 is 22.8 Å².